The Bertz CT molecular complexity index is 1090. The summed E-state index contributed by atoms with van der Waals surface area (Å²) in [5, 5.41) is 7.33. The average molecular weight is 393 g/mol. The van der Waals surface area contributed by atoms with E-state index in [2.05, 4.69) is 10.4 Å². The molecule has 1 aromatic heterocycles. The number of hydrogen-bond donors (Lipinski definition) is 1. The highest BCUT2D eigenvalue weighted by Crippen LogP contribution is 2.36. The zero-order chi connectivity index (χ0) is 19.8. The van der Waals surface area contributed by atoms with Crippen LogP contribution < -0.4 is 24.3 Å². The van der Waals surface area contributed by atoms with Crippen LogP contribution in [0.3, 0.4) is 0 Å². The molecule has 0 saturated heterocycles. The lowest BCUT2D eigenvalue weighted by molar-refractivity contribution is 0.102. The van der Waals surface area contributed by atoms with E-state index in [-0.39, 0.29) is 12.7 Å². The molecule has 29 heavy (non-hydrogen) atoms. The molecular weight excluding hydrogens is 374 g/mol. The molecule has 0 spiro atoms. The van der Waals surface area contributed by atoms with Crippen LogP contribution in [0.5, 0.6) is 23.0 Å². The van der Waals surface area contributed by atoms with Crippen LogP contribution in [0.15, 0.2) is 42.5 Å². The van der Waals surface area contributed by atoms with Gasteiger partial charge in [0, 0.05) is 23.9 Å². The number of benzene rings is 2. The lowest BCUT2D eigenvalue weighted by Gasteiger charge is -2.18. The second kappa shape index (κ2) is 7.05. The molecule has 5 rings (SSSR count). The molecule has 0 radical (unpaired) electrons. The monoisotopic (exact) mass is 393 g/mol. The highest BCUT2D eigenvalue weighted by atomic mass is 16.7. The molecule has 2 aromatic carbocycles. The van der Waals surface area contributed by atoms with Crippen molar-refractivity contribution in [1.29, 1.82) is 0 Å². The van der Waals surface area contributed by atoms with Crippen molar-refractivity contribution in [2.24, 2.45) is 0 Å². The van der Waals surface area contributed by atoms with Crippen LogP contribution in [-0.4, -0.2) is 35.7 Å². The van der Waals surface area contributed by atoms with Gasteiger partial charge in [0.2, 0.25) is 6.79 Å². The minimum absolute atomic E-state index is 0.217. The molecule has 0 saturated carbocycles. The summed E-state index contributed by atoms with van der Waals surface area (Å²) in [6, 6.07) is 12.8. The molecule has 0 unspecified atom stereocenters. The number of rotatable bonds is 4. The number of fused-ring (bicyclic) bond motifs is 2. The maximum absolute atomic E-state index is 12.8. The van der Waals surface area contributed by atoms with E-state index in [0.29, 0.717) is 54.1 Å². The Kier molecular flexibility index (Phi) is 4.23. The smallest absolute Gasteiger partial charge is 0.276 e. The van der Waals surface area contributed by atoms with Crippen molar-refractivity contribution in [3.8, 4) is 34.3 Å². The maximum atomic E-state index is 12.8. The van der Waals surface area contributed by atoms with E-state index < -0.39 is 0 Å². The number of amides is 1. The van der Waals surface area contributed by atoms with Gasteiger partial charge in [-0.2, -0.15) is 5.10 Å². The van der Waals surface area contributed by atoms with E-state index in [9.17, 15) is 4.79 Å². The first-order valence-corrected chi connectivity index (χ1v) is 9.40. The zero-order valence-electron chi connectivity index (χ0n) is 15.8. The van der Waals surface area contributed by atoms with Crippen molar-refractivity contribution in [3.63, 3.8) is 0 Å². The van der Waals surface area contributed by atoms with Gasteiger partial charge in [-0.25, -0.2) is 0 Å². The number of aromatic nitrogens is 2. The van der Waals surface area contributed by atoms with Crippen LogP contribution in [0.4, 0.5) is 5.69 Å². The van der Waals surface area contributed by atoms with E-state index in [1.165, 1.54) is 0 Å². The van der Waals surface area contributed by atoms with Gasteiger partial charge in [0.1, 0.15) is 13.2 Å². The average Bonchev–Trinajstić information content (AvgIpc) is 3.40. The summed E-state index contributed by atoms with van der Waals surface area (Å²) >= 11 is 0. The van der Waals surface area contributed by atoms with Crippen molar-refractivity contribution in [2.45, 2.75) is 13.5 Å². The SMILES string of the molecule is CCn1nc(C(=O)Nc2ccc3c(c2)OCCO3)cc1-c1ccc2c(c1)OCO2. The molecule has 0 aliphatic carbocycles. The Balaban J connectivity index is 1.41. The number of anilines is 1. The molecule has 148 valence electrons. The number of carbonyl (C=O) groups excluding carboxylic acids is 1. The normalized spacial score (nSPS) is 14.0. The Labute approximate surface area is 166 Å². The minimum atomic E-state index is -0.295. The minimum Gasteiger partial charge on any atom is -0.486 e. The third-order valence-electron chi connectivity index (χ3n) is 4.78. The summed E-state index contributed by atoms with van der Waals surface area (Å²) in [4.78, 5) is 12.8. The fraction of sp³-hybridized carbons (Fsp3) is 0.238. The number of nitrogens with one attached hydrogen (secondary N) is 1. The van der Waals surface area contributed by atoms with Gasteiger partial charge in [0.05, 0.1) is 5.69 Å². The zero-order valence-corrected chi connectivity index (χ0v) is 15.8. The molecule has 0 fully saturated rings. The third-order valence-corrected chi connectivity index (χ3v) is 4.78. The number of aryl methyl sites for hydroxylation is 1. The van der Waals surface area contributed by atoms with Crippen LogP contribution in [0.2, 0.25) is 0 Å². The fourth-order valence-corrected chi connectivity index (χ4v) is 3.37. The Morgan fingerprint density at radius 3 is 2.55 bits per heavy atom. The molecule has 2 aliphatic rings. The van der Waals surface area contributed by atoms with E-state index in [1.54, 1.807) is 28.9 Å². The van der Waals surface area contributed by atoms with Crippen molar-refractivity contribution in [3.05, 3.63) is 48.2 Å². The number of ether oxygens (including phenoxy) is 4. The molecule has 3 heterocycles. The van der Waals surface area contributed by atoms with Crippen molar-refractivity contribution >= 4 is 11.6 Å². The summed E-state index contributed by atoms with van der Waals surface area (Å²) < 4.78 is 23.7. The molecular formula is C21H19N3O5. The molecule has 0 bridgehead atoms. The number of nitrogens with zero attached hydrogens (tertiary/aromatic N) is 2. The molecule has 1 amide bonds. The van der Waals surface area contributed by atoms with Crippen LogP contribution in [0.1, 0.15) is 17.4 Å². The molecule has 8 nitrogen and oxygen atoms in total. The van der Waals surface area contributed by atoms with Gasteiger partial charge in [-0.1, -0.05) is 0 Å². The Morgan fingerprint density at radius 2 is 1.69 bits per heavy atom. The van der Waals surface area contributed by atoms with Crippen molar-refractivity contribution < 1.29 is 23.7 Å². The molecule has 3 aromatic rings. The standard InChI is InChI=1S/C21H19N3O5/c1-2-24-16(13-3-5-18-19(9-13)29-12-28-18)11-15(23-24)21(25)22-14-4-6-17-20(10-14)27-8-7-26-17/h3-6,9-11H,2,7-8,12H2,1H3,(H,22,25). The quantitative estimate of drug-likeness (QED) is 0.732. The topological polar surface area (TPSA) is 83.8 Å². The molecule has 1 N–H and O–H groups in total. The summed E-state index contributed by atoms with van der Waals surface area (Å²) in [5.74, 6) is 2.40. The van der Waals surface area contributed by atoms with E-state index >= 15 is 0 Å². The van der Waals surface area contributed by atoms with E-state index in [4.69, 9.17) is 18.9 Å². The Morgan fingerprint density at radius 1 is 0.966 bits per heavy atom. The summed E-state index contributed by atoms with van der Waals surface area (Å²) in [6.07, 6.45) is 0. The first kappa shape index (κ1) is 17.4. The van der Waals surface area contributed by atoms with Gasteiger partial charge in [-0.3, -0.25) is 9.48 Å². The summed E-state index contributed by atoms with van der Waals surface area (Å²) in [7, 11) is 0. The van der Waals surface area contributed by atoms with Gasteiger partial charge >= 0.3 is 0 Å². The number of hydrogen-bond acceptors (Lipinski definition) is 6. The second-order valence-corrected chi connectivity index (χ2v) is 6.61. The number of carbonyl (C=O) groups is 1. The highest BCUT2D eigenvalue weighted by Gasteiger charge is 2.19. The Hall–Kier alpha value is -3.68. The summed E-state index contributed by atoms with van der Waals surface area (Å²) in [6.45, 7) is 3.84. The van der Waals surface area contributed by atoms with Crippen molar-refractivity contribution in [1.82, 2.24) is 9.78 Å². The van der Waals surface area contributed by atoms with Crippen LogP contribution in [-0.2, 0) is 6.54 Å². The predicted molar refractivity (Wildman–Crippen MR) is 105 cm³/mol. The largest absolute Gasteiger partial charge is 0.486 e. The van der Waals surface area contributed by atoms with Gasteiger partial charge in [-0.15, -0.1) is 0 Å². The predicted octanol–water partition coefficient (Wildman–Crippen LogP) is 3.32. The maximum Gasteiger partial charge on any atom is 0.276 e. The first-order valence-electron chi connectivity index (χ1n) is 9.40. The van der Waals surface area contributed by atoms with Gasteiger partial charge in [0.25, 0.3) is 5.91 Å². The lowest BCUT2D eigenvalue weighted by Crippen LogP contribution is -2.16. The van der Waals surface area contributed by atoms with Crippen molar-refractivity contribution in [2.75, 3.05) is 25.3 Å². The van der Waals surface area contributed by atoms with E-state index in [0.717, 1.165) is 11.3 Å². The van der Waals surface area contributed by atoms with E-state index in [1.807, 2.05) is 25.1 Å². The third kappa shape index (κ3) is 3.22. The van der Waals surface area contributed by atoms with Gasteiger partial charge < -0.3 is 24.3 Å². The second-order valence-electron chi connectivity index (χ2n) is 6.61. The molecule has 8 heteroatoms. The van der Waals surface area contributed by atoms with Crippen LogP contribution in [0.25, 0.3) is 11.3 Å². The highest BCUT2D eigenvalue weighted by molar-refractivity contribution is 6.03. The van der Waals surface area contributed by atoms with Crippen LogP contribution in [0, 0.1) is 0 Å². The van der Waals surface area contributed by atoms with Gasteiger partial charge in [0.15, 0.2) is 28.7 Å². The fourth-order valence-electron chi connectivity index (χ4n) is 3.37. The summed E-state index contributed by atoms with van der Waals surface area (Å²) in [5.41, 5.74) is 2.68. The molecule has 2 aliphatic heterocycles. The lowest BCUT2D eigenvalue weighted by atomic mass is 10.1. The van der Waals surface area contributed by atoms with Crippen LogP contribution >= 0.6 is 0 Å². The molecule has 0 atom stereocenters. The van der Waals surface area contributed by atoms with Gasteiger partial charge in [-0.05, 0) is 43.3 Å². The first-order chi connectivity index (χ1) is 14.2.